The fraction of sp³-hybridized carbons (Fsp3) is 0.263. The van der Waals surface area contributed by atoms with Crippen molar-refractivity contribution >= 4 is 11.8 Å². The van der Waals surface area contributed by atoms with Gasteiger partial charge in [-0.25, -0.2) is 9.67 Å². The Balaban J connectivity index is 1.68. The summed E-state index contributed by atoms with van der Waals surface area (Å²) in [6.45, 7) is 4.00. The first kappa shape index (κ1) is 18.4. The predicted octanol–water partition coefficient (Wildman–Crippen LogP) is 1.93. The molecule has 0 bridgehead atoms. The summed E-state index contributed by atoms with van der Waals surface area (Å²) in [6, 6.07) is 7.96. The van der Waals surface area contributed by atoms with Gasteiger partial charge in [-0.1, -0.05) is 19.9 Å². The average molecular weight is 367 g/mol. The van der Waals surface area contributed by atoms with Gasteiger partial charge in [-0.05, 0) is 30.2 Å². The molecular weight excluding hydrogens is 346 g/mol. The number of aromatic nitrogens is 3. The lowest BCUT2D eigenvalue weighted by Gasteiger charge is -2.21. The number of nitrogens with one attached hydrogen (secondary N) is 2. The average Bonchev–Trinajstić information content (AvgIpc) is 3.37. The van der Waals surface area contributed by atoms with E-state index in [-0.39, 0.29) is 24.1 Å². The zero-order chi connectivity index (χ0) is 19.2. The van der Waals surface area contributed by atoms with Crippen molar-refractivity contribution < 1.29 is 14.0 Å². The van der Waals surface area contributed by atoms with E-state index in [0.29, 0.717) is 5.82 Å². The molecule has 0 radical (unpaired) electrons. The minimum Gasteiger partial charge on any atom is -0.459 e. The van der Waals surface area contributed by atoms with E-state index in [4.69, 9.17) is 4.42 Å². The van der Waals surface area contributed by atoms with Crippen LogP contribution in [0, 0.1) is 5.92 Å². The Bertz CT molecular complexity index is 888. The van der Waals surface area contributed by atoms with Gasteiger partial charge >= 0.3 is 0 Å². The number of pyridine rings is 1. The van der Waals surface area contributed by atoms with Crippen LogP contribution < -0.4 is 10.6 Å². The molecule has 3 rings (SSSR count). The van der Waals surface area contributed by atoms with Crippen LogP contribution >= 0.6 is 0 Å². The molecule has 3 heterocycles. The minimum atomic E-state index is -0.688. The maximum Gasteiger partial charge on any atom is 0.287 e. The molecule has 140 valence electrons. The number of rotatable bonds is 7. The van der Waals surface area contributed by atoms with Crippen molar-refractivity contribution in [2.75, 3.05) is 0 Å². The number of nitrogens with zero attached hydrogens (tertiary/aromatic N) is 3. The van der Waals surface area contributed by atoms with Gasteiger partial charge in [-0.15, -0.1) is 0 Å². The van der Waals surface area contributed by atoms with Crippen LogP contribution in [0.15, 0.2) is 59.6 Å². The molecule has 0 aliphatic heterocycles. The molecule has 3 aromatic heterocycles. The van der Waals surface area contributed by atoms with E-state index in [1.54, 1.807) is 47.5 Å². The highest BCUT2D eigenvalue weighted by atomic mass is 16.3. The van der Waals surface area contributed by atoms with Crippen LogP contribution in [0.2, 0.25) is 0 Å². The number of carbonyl (C=O) groups excluding carboxylic acids is 2. The molecule has 2 N–H and O–H groups in total. The molecule has 2 amide bonds. The third kappa shape index (κ3) is 4.41. The van der Waals surface area contributed by atoms with Crippen molar-refractivity contribution in [2.24, 2.45) is 5.92 Å². The van der Waals surface area contributed by atoms with Crippen molar-refractivity contribution in [3.05, 3.63) is 66.5 Å². The summed E-state index contributed by atoms with van der Waals surface area (Å²) in [7, 11) is 0. The van der Waals surface area contributed by atoms with Crippen molar-refractivity contribution in [1.29, 1.82) is 0 Å². The van der Waals surface area contributed by atoms with Crippen LogP contribution in [0.4, 0.5) is 0 Å². The van der Waals surface area contributed by atoms with Gasteiger partial charge in [-0.2, -0.15) is 5.10 Å². The van der Waals surface area contributed by atoms with Gasteiger partial charge in [-0.3, -0.25) is 9.59 Å². The van der Waals surface area contributed by atoms with Crippen molar-refractivity contribution in [3.8, 4) is 5.82 Å². The van der Waals surface area contributed by atoms with Gasteiger partial charge < -0.3 is 15.1 Å². The van der Waals surface area contributed by atoms with E-state index in [9.17, 15) is 9.59 Å². The number of hydrogen-bond donors (Lipinski definition) is 2. The fourth-order valence-corrected chi connectivity index (χ4v) is 2.62. The van der Waals surface area contributed by atoms with E-state index < -0.39 is 11.9 Å². The number of hydrogen-bond acceptors (Lipinski definition) is 5. The van der Waals surface area contributed by atoms with Gasteiger partial charge in [0.1, 0.15) is 6.04 Å². The molecule has 0 saturated heterocycles. The van der Waals surface area contributed by atoms with Gasteiger partial charge in [0.2, 0.25) is 5.91 Å². The van der Waals surface area contributed by atoms with Gasteiger partial charge in [0, 0.05) is 30.7 Å². The summed E-state index contributed by atoms with van der Waals surface area (Å²) in [4.78, 5) is 29.2. The second-order valence-electron chi connectivity index (χ2n) is 6.33. The lowest BCUT2D eigenvalue weighted by atomic mass is 10.0. The van der Waals surface area contributed by atoms with Crippen molar-refractivity contribution in [1.82, 2.24) is 25.4 Å². The quantitative estimate of drug-likeness (QED) is 0.664. The van der Waals surface area contributed by atoms with Crippen molar-refractivity contribution in [3.63, 3.8) is 0 Å². The molecular formula is C19H21N5O3. The first-order valence-corrected chi connectivity index (χ1v) is 8.62. The maximum absolute atomic E-state index is 12.7. The molecule has 8 heteroatoms. The van der Waals surface area contributed by atoms with Gasteiger partial charge in [0.15, 0.2) is 11.6 Å². The summed E-state index contributed by atoms with van der Waals surface area (Å²) in [5.41, 5.74) is 0.814. The van der Waals surface area contributed by atoms with Crippen LogP contribution in [-0.2, 0) is 11.3 Å². The SMILES string of the molecule is CC(C)C(NC(=O)c1ccco1)C(=O)NCc1cccnc1-n1cccn1. The Hall–Kier alpha value is -3.42. The minimum absolute atomic E-state index is 0.0941. The van der Waals surface area contributed by atoms with Crippen molar-refractivity contribution in [2.45, 2.75) is 26.4 Å². The molecule has 0 spiro atoms. The summed E-state index contributed by atoms with van der Waals surface area (Å²) in [5.74, 6) is 0.0150. The Labute approximate surface area is 156 Å². The number of carbonyl (C=O) groups is 2. The van der Waals surface area contributed by atoms with E-state index in [1.165, 1.54) is 6.26 Å². The third-order valence-corrected chi connectivity index (χ3v) is 4.02. The van der Waals surface area contributed by atoms with Crippen LogP contribution in [-0.4, -0.2) is 32.6 Å². The molecule has 3 aromatic rings. The normalized spacial score (nSPS) is 12.0. The topological polar surface area (TPSA) is 102 Å². The monoisotopic (exact) mass is 367 g/mol. The lowest BCUT2D eigenvalue weighted by Crippen LogP contribution is -2.49. The summed E-state index contributed by atoms with van der Waals surface area (Å²) in [5, 5.41) is 9.77. The number of furan rings is 1. The second kappa shape index (κ2) is 8.31. The molecule has 1 atom stereocenters. The molecule has 0 aromatic carbocycles. The van der Waals surface area contributed by atoms with E-state index >= 15 is 0 Å². The van der Waals surface area contributed by atoms with Gasteiger partial charge in [0.25, 0.3) is 5.91 Å². The summed E-state index contributed by atoms with van der Waals surface area (Å²) < 4.78 is 6.72. The fourth-order valence-electron chi connectivity index (χ4n) is 2.62. The summed E-state index contributed by atoms with van der Waals surface area (Å²) in [6.07, 6.45) is 6.53. The molecule has 0 aliphatic rings. The molecule has 1 unspecified atom stereocenters. The van der Waals surface area contributed by atoms with Crippen LogP contribution in [0.1, 0.15) is 30.0 Å². The Morgan fingerprint density at radius 3 is 2.70 bits per heavy atom. The molecule has 8 nitrogen and oxygen atoms in total. The largest absolute Gasteiger partial charge is 0.459 e. The van der Waals surface area contributed by atoms with E-state index in [1.807, 2.05) is 19.9 Å². The number of amides is 2. The molecule has 0 fully saturated rings. The summed E-state index contributed by atoms with van der Waals surface area (Å²) >= 11 is 0. The highest BCUT2D eigenvalue weighted by molar-refractivity contribution is 5.95. The highest BCUT2D eigenvalue weighted by Gasteiger charge is 2.25. The molecule has 0 saturated carbocycles. The lowest BCUT2D eigenvalue weighted by molar-refractivity contribution is -0.124. The first-order valence-electron chi connectivity index (χ1n) is 8.62. The Morgan fingerprint density at radius 2 is 2.04 bits per heavy atom. The standard InChI is InChI=1S/C19H21N5O3/c1-13(2)16(23-18(25)15-7-4-11-27-15)19(26)21-12-14-6-3-8-20-17(14)24-10-5-9-22-24/h3-11,13,16H,12H2,1-2H3,(H,21,26)(H,23,25). The Morgan fingerprint density at radius 1 is 1.19 bits per heavy atom. The first-order chi connectivity index (χ1) is 13.1. The second-order valence-corrected chi connectivity index (χ2v) is 6.33. The van der Waals surface area contributed by atoms with Gasteiger partial charge in [0.05, 0.1) is 6.26 Å². The zero-order valence-electron chi connectivity index (χ0n) is 15.1. The maximum atomic E-state index is 12.7. The van der Waals surface area contributed by atoms with Crippen LogP contribution in [0.25, 0.3) is 5.82 Å². The third-order valence-electron chi connectivity index (χ3n) is 4.02. The predicted molar refractivity (Wildman–Crippen MR) is 98.0 cm³/mol. The zero-order valence-corrected chi connectivity index (χ0v) is 15.1. The van der Waals surface area contributed by atoms with Crippen LogP contribution in [0.5, 0.6) is 0 Å². The Kier molecular flexibility index (Phi) is 5.65. The van der Waals surface area contributed by atoms with E-state index in [0.717, 1.165) is 5.56 Å². The van der Waals surface area contributed by atoms with E-state index in [2.05, 4.69) is 20.7 Å². The smallest absolute Gasteiger partial charge is 0.287 e. The van der Waals surface area contributed by atoms with Crippen LogP contribution in [0.3, 0.4) is 0 Å². The highest BCUT2D eigenvalue weighted by Crippen LogP contribution is 2.11. The molecule has 0 aliphatic carbocycles. The molecule has 27 heavy (non-hydrogen) atoms.